The molecule has 3 aromatic carbocycles. The highest BCUT2D eigenvalue weighted by Gasteiger charge is 2.39. The van der Waals surface area contributed by atoms with Gasteiger partial charge in [-0.3, -0.25) is 9.78 Å². The Kier molecular flexibility index (Phi) is 15.9. The predicted octanol–water partition coefficient (Wildman–Crippen LogP) is 9.48. The zero-order chi connectivity index (χ0) is 41.0. The van der Waals surface area contributed by atoms with Crippen molar-refractivity contribution in [2.75, 3.05) is 40.1 Å². The van der Waals surface area contributed by atoms with Crippen LogP contribution in [0.25, 0.3) is 0 Å². The van der Waals surface area contributed by atoms with Gasteiger partial charge in [0.05, 0.1) is 22.6 Å². The average molecular weight is 821 g/mol. The van der Waals surface area contributed by atoms with Gasteiger partial charge in [0.25, 0.3) is 0 Å². The van der Waals surface area contributed by atoms with Crippen LogP contribution in [0, 0.1) is 12.8 Å². The number of ether oxygens (including phenoxy) is 4. The Bertz CT molecular complexity index is 1890. The monoisotopic (exact) mass is 819 g/mol. The Morgan fingerprint density at radius 2 is 1.53 bits per heavy atom. The van der Waals surface area contributed by atoms with Gasteiger partial charge in [-0.2, -0.15) is 0 Å². The number of amides is 2. The SMILES string of the molecule is COCCCc1cc(CN(C(=O)C(Cc2ccc(OCCOc3c(Cl)cc(C)cc3Cl)cc2)CN(C(=O)O)C(C)(C)C)C2CC2)cc(OCCc2ccccn2)c1. The maximum Gasteiger partial charge on any atom is 0.407 e. The van der Waals surface area contributed by atoms with Crippen LogP contribution < -0.4 is 14.2 Å². The molecular formula is C45H55Cl2N3O7. The first-order valence-electron chi connectivity index (χ1n) is 19.6. The molecule has 1 unspecified atom stereocenters. The van der Waals surface area contributed by atoms with Crippen molar-refractivity contribution < 1.29 is 33.6 Å². The number of halogens is 2. The third-order valence-electron chi connectivity index (χ3n) is 9.76. The fraction of sp³-hybridized carbons (Fsp3) is 0.444. The zero-order valence-corrected chi connectivity index (χ0v) is 35.2. The number of benzene rings is 3. The van der Waals surface area contributed by atoms with Gasteiger partial charge in [-0.1, -0.05) is 47.5 Å². The smallest absolute Gasteiger partial charge is 0.407 e. The molecule has 1 aliphatic carbocycles. The molecule has 0 radical (unpaired) electrons. The van der Waals surface area contributed by atoms with E-state index in [2.05, 4.69) is 17.1 Å². The number of carbonyl (C=O) groups is 2. The highest BCUT2D eigenvalue weighted by Crippen LogP contribution is 2.35. The number of hydrogen-bond donors (Lipinski definition) is 1. The van der Waals surface area contributed by atoms with E-state index in [9.17, 15) is 14.7 Å². The van der Waals surface area contributed by atoms with E-state index < -0.39 is 17.6 Å². The fourth-order valence-electron chi connectivity index (χ4n) is 6.72. The summed E-state index contributed by atoms with van der Waals surface area (Å²) in [7, 11) is 1.70. The van der Waals surface area contributed by atoms with Crippen LogP contribution in [0.5, 0.6) is 17.2 Å². The first kappa shape index (κ1) is 43.6. The molecule has 4 aromatic rings. The van der Waals surface area contributed by atoms with Gasteiger partial charge >= 0.3 is 6.09 Å². The molecule has 306 valence electrons. The lowest BCUT2D eigenvalue weighted by atomic mass is 9.94. The normalized spacial score (nSPS) is 13.2. The van der Waals surface area contributed by atoms with E-state index in [0.717, 1.165) is 59.4 Å². The molecule has 0 bridgehead atoms. The molecule has 0 spiro atoms. The number of aromatic nitrogens is 1. The number of methoxy groups -OCH3 is 1. The molecule has 12 heteroatoms. The molecule has 1 fully saturated rings. The van der Waals surface area contributed by atoms with Gasteiger partial charge in [-0.15, -0.1) is 0 Å². The van der Waals surface area contributed by atoms with Gasteiger partial charge in [0.2, 0.25) is 5.91 Å². The second-order valence-electron chi connectivity index (χ2n) is 15.6. The fourth-order valence-corrected chi connectivity index (χ4v) is 7.42. The molecule has 1 saturated carbocycles. The van der Waals surface area contributed by atoms with Crippen LogP contribution in [0.1, 0.15) is 68.0 Å². The Labute approximate surface area is 347 Å². The van der Waals surface area contributed by atoms with Crippen molar-refractivity contribution in [3.8, 4) is 17.2 Å². The number of hydrogen-bond acceptors (Lipinski definition) is 7. The van der Waals surface area contributed by atoms with Crippen molar-refractivity contribution in [1.82, 2.24) is 14.8 Å². The van der Waals surface area contributed by atoms with Crippen LogP contribution in [0.15, 0.2) is 79.0 Å². The summed E-state index contributed by atoms with van der Waals surface area (Å²) in [6, 6.07) is 23.3. The van der Waals surface area contributed by atoms with Gasteiger partial charge in [-0.25, -0.2) is 4.79 Å². The summed E-state index contributed by atoms with van der Waals surface area (Å²) in [6.07, 6.45) is 5.21. The first-order valence-corrected chi connectivity index (χ1v) is 20.3. The Hall–Kier alpha value is -4.51. The van der Waals surface area contributed by atoms with E-state index in [4.69, 9.17) is 42.1 Å². The Balaban J connectivity index is 1.31. The van der Waals surface area contributed by atoms with E-state index in [1.807, 2.05) is 81.1 Å². The van der Waals surface area contributed by atoms with Crippen molar-refractivity contribution in [3.63, 3.8) is 0 Å². The van der Waals surface area contributed by atoms with Crippen molar-refractivity contribution in [2.24, 2.45) is 5.92 Å². The lowest BCUT2D eigenvalue weighted by molar-refractivity contribution is -0.137. The van der Waals surface area contributed by atoms with Crippen LogP contribution in [0.2, 0.25) is 10.0 Å². The van der Waals surface area contributed by atoms with E-state index in [1.54, 1.807) is 25.4 Å². The molecule has 1 heterocycles. The summed E-state index contributed by atoms with van der Waals surface area (Å²) in [5.41, 5.74) is 4.17. The number of aryl methyl sites for hydroxylation is 2. The number of carbonyl (C=O) groups excluding carboxylic acids is 1. The van der Waals surface area contributed by atoms with E-state index in [-0.39, 0.29) is 31.7 Å². The molecule has 5 rings (SSSR count). The molecule has 2 amide bonds. The topological polar surface area (TPSA) is 111 Å². The maximum atomic E-state index is 14.7. The summed E-state index contributed by atoms with van der Waals surface area (Å²) in [4.78, 5) is 35.0. The molecule has 1 atom stereocenters. The number of pyridine rings is 1. The summed E-state index contributed by atoms with van der Waals surface area (Å²) in [5, 5.41) is 11.2. The minimum Gasteiger partial charge on any atom is -0.493 e. The molecular weight excluding hydrogens is 765 g/mol. The average Bonchev–Trinajstić information content (AvgIpc) is 4.01. The van der Waals surface area contributed by atoms with Crippen LogP contribution in [-0.2, 0) is 35.3 Å². The number of nitrogens with zero attached hydrogens (tertiary/aromatic N) is 3. The second-order valence-corrected chi connectivity index (χ2v) is 16.4. The summed E-state index contributed by atoms with van der Waals surface area (Å²) >= 11 is 12.6. The molecule has 10 nitrogen and oxygen atoms in total. The van der Waals surface area contributed by atoms with E-state index in [0.29, 0.717) is 54.1 Å². The van der Waals surface area contributed by atoms with Crippen LogP contribution >= 0.6 is 23.2 Å². The van der Waals surface area contributed by atoms with Crippen molar-refractivity contribution in [1.29, 1.82) is 0 Å². The minimum atomic E-state index is -1.06. The van der Waals surface area contributed by atoms with Crippen LogP contribution in [0.4, 0.5) is 4.79 Å². The lowest BCUT2D eigenvalue weighted by Gasteiger charge is -2.37. The maximum absolute atomic E-state index is 14.7. The molecule has 1 aliphatic rings. The Morgan fingerprint density at radius 3 is 2.16 bits per heavy atom. The lowest BCUT2D eigenvalue weighted by Crippen LogP contribution is -2.51. The molecule has 57 heavy (non-hydrogen) atoms. The van der Waals surface area contributed by atoms with Gasteiger partial charge < -0.3 is 33.9 Å². The van der Waals surface area contributed by atoms with Gasteiger partial charge in [0.1, 0.15) is 24.7 Å². The number of carboxylic acid groups (broad SMARTS) is 1. The quantitative estimate of drug-likeness (QED) is 0.0829. The van der Waals surface area contributed by atoms with Crippen LogP contribution in [-0.4, -0.2) is 83.6 Å². The summed E-state index contributed by atoms with van der Waals surface area (Å²) in [5.74, 6) is 1.11. The highest BCUT2D eigenvalue weighted by atomic mass is 35.5. The minimum absolute atomic E-state index is 0.0551. The van der Waals surface area contributed by atoms with E-state index >= 15 is 0 Å². The molecule has 0 aliphatic heterocycles. The summed E-state index contributed by atoms with van der Waals surface area (Å²) in [6.45, 7) is 9.52. The zero-order valence-electron chi connectivity index (χ0n) is 33.6. The van der Waals surface area contributed by atoms with E-state index in [1.165, 1.54) is 4.90 Å². The standard InChI is InChI=1S/C45H55Cl2N3O7/c1-31-23-40(46)42(41(47)24-31)57-22-21-56-38-15-11-32(12-16-38)26-35(30-50(44(52)53)45(2,3)4)43(51)49(37-13-14-37)29-34-25-33(9-8-19-54-5)27-39(28-34)55-20-17-36-10-6-7-18-48-36/h6-7,10-12,15-16,18,23-25,27-28,35,37H,8-9,13-14,17,19-22,26,29-30H2,1-5H3,(H,52,53). The Morgan fingerprint density at radius 1 is 0.842 bits per heavy atom. The van der Waals surface area contributed by atoms with Gasteiger partial charge in [0, 0.05) is 56.7 Å². The molecule has 1 N–H and O–H groups in total. The second kappa shape index (κ2) is 20.8. The van der Waals surface area contributed by atoms with Crippen LogP contribution in [0.3, 0.4) is 0 Å². The van der Waals surface area contributed by atoms with Crippen molar-refractivity contribution in [2.45, 2.75) is 84.3 Å². The molecule has 1 aromatic heterocycles. The van der Waals surface area contributed by atoms with Crippen molar-refractivity contribution >= 4 is 35.2 Å². The third-order valence-corrected chi connectivity index (χ3v) is 10.3. The highest BCUT2D eigenvalue weighted by molar-refractivity contribution is 6.37. The van der Waals surface area contributed by atoms with Gasteiger partial charge in [-0.05, 0) is 131 Å². The first-order chi connectivity index (χ1) is 27.3. The third kappa shape index (κ3) is 13.5. The summed E-state index contributed by atoms with van der Waals surface area (Å²) < 4.78 is 23.3. The number of rotatable bonds is 21. The van der Waals surface area contributed by atoms with Gasteiger partial charge in [0.15, 0.2) is 5.75 Å². The molecule has 0 saturated heterocycles. The van der Waals surface area contributed by atoms with Crippen molar-refractivity contribution in [3.05, 3.63) is 117 Å². The predicted molar refractivity (Wildman–Crippen MR) is 224 cm³/mol. The largest absolute Gasteiger partial charge is 0.493 e.